The maximum atomic E-state index is 12.5. The van der Waals surface area contributed by atoms with Crippen LogP contribution in [-0.2, 0) is 16.0 Å². The van der Waals surface area contributed by atoms with Crippen molar-refractivity contribution in [3.8, 4) is 0 Å². The van der Waals surface area contributed by atoms with E-state index in [1.165, 1.54) is 16.7 Å². The van der Waals surface area contributed by atoms with Gasteiger partial charge in [0.25, 0.3) is 5.78 Å². The summed E-state index contributed by atoms with van der Waals surface area (Å²) in [5, 5.41) is 11.7. The van der Waals surface area contributed by atoms with Crippen molar-refractivity contribution >= 4 is 35.0 Å². The van der Waals surface area contributed by atoms with Gasteiger partial charge in [-0.05, 0) is 38.0 Å². The molecule has 3 aromatic rings. The van der Waals surface area contributed by atoms with Crippen molar-refractivity contribution in [2.24, 2.45) is 0 Å². The fourth-order valence-electron chi connectivity index (χ4n) is 2.97. The molecule has 1 aromatic carbocycles. The molecular weight excluding hydrogens is 388 g/mol. The van der Waals surface area contributed by atoms with Gasteiger partial charge in [-0.25, -0.2) is 4.98 Å². The van der Waals surface area contributed by atoms with E-state index in [2.05, 4.69) is 20.5 Å². The third kappa shape index (κ3) is 4.92. The van der Waals surface area contributed by atoms with Gasteiger partial charge >= 0.3 is 0 Å². The predicted molar refractivity (Wildman–Crippen MR) is 113 cm³/mol. The lowest BCUT2D eigenvalue weighted by Gasteiger charge is -2.17. The molecule has 29 heavy (non-hydrogen) atoms. The Labute approximate surface area is 173 Å². The molecule has 8 nitrogen and oxygen atoms in total. The van der Waals surface area contributed by atoms with Crippen LogP contribution in [0.1, 0.15) is 23.9 Å². The molecule has 3 rings (SSSR count). The van der Waals surface area contributed by atoms with Crippen molar-refractivity contribution in [2.75, 3.05) is 24.7 Å². The number of nitrogens with zero attached hydrogens (tertiary/aromatic N) is 5. The molecule has 0 aliphatic heterocycles. The number of carbonyl (C=O) groups is 2. The Bertz CT molecular complexity index is 1050. The van der Waals surface area contributed by atoms with Gasteiger partial charge in [0.05, 0.1) is 12.3 Å². The summed E-state index contributed by atoms with van der Waals surface area (Å²) in [5.41, 5.74) is 3.66. The van der Waals surface area contributed by atoms with Crippen LogP contribution in [0.4, 0.5) is 5.69 Å². The number of hydrogen-bond donors (Lipinski definition) is 1. The van der Waals surface area contributed by atoms with Gasteiger partial charge in [-0.3, -0.25) is 14.0 Å². The standard InChI is InChI=1S/C20H24N6O2S/c1-5-15-8-6-7-9-16(15)22-17(27)11-25(4)18(28)12-29-20-24-23-19-21-13(2)10-14(3)26(19)20/h6-10H,5,11-12H2,1-4H3,(H,22,27). The van der Waals surface area contributed by atoms with Gasteiger partial charge in [0, 0.05) is 24.1 Å². The molecule has 0 aliphatic rings. The van der Waals surface area contributed by atoms with Crippen LogP contribution in [0.25, 0.3) is 5.78 Å². The number of aromatic nitrogens is 4. The Morgan fingerprint density at radius 2 is 1.97 bits per heavy atom. The Balaban J connectivity index is 1.58. The normalized spacial score (nSPS) is 10.9. The van der Waals surface area contributed by atoms with E-state index < -0.39 is 0 Å². The van der Waals surface area contributed by atoms with Gasteiger partial charge in [-0.2, -0.15) is 0 Å². The largest absolute Gasteiger partial charge is 0.336 e. The lowest BCUT2D eigenvalue weighted by Crippen LogP contribution is -2.36. The molecule has 0 saturated carbocycles. The van der Waals surface area contributed by atoms with Crippen LogP contribution in [0.2, 0.25) is 0 Å². The number of hydrogen-bond acceptors (Lipinski definition) is 6. The molecule has 1 N–H and O–H groups in total. The van der Waals surface area contributed by atoms with Crippen LogP contribution in [0.3, 0.4) is 0 Å². The van der Waals surface area contributed by atoms with Crippen LogP contribution >= 0.6 is 11.8 Å². The SMILES string of the molecule is CCc1ccccc1NC(=O)CN(C)C(=O)CSc1nnc2nc(C)cc(C)n12. The molecule has 2 aromatic heterocycles. The summed E-state index contributed by atoms with van der Waals surface area (Å²) in [7, 11) is 1.62. The summed E-state index contributed by atoms with van der Waals surface area (Å²) < 4.78 is 1.82. The van der Waals surface area contributed by atoms with Crippen LogP contribution in [0.5, 0.6) is 0 Å². The van der Waals surface area contributed by atoms with E-state index in [1.54, 1.807) is 7.05 Å². The van der Waals surface area contributed by atoms with Crippen LogP contribution < -0.4 is 5.32 Å². The summed E-state index contributed by atoms with van der Waals surface area (Å²) in [5.74, 6) is 0.280. The van der Waals surface area contributed by atoms with E-state index in [0.717, 1.165) is 29.1 Å². The molecule has 0 unspecified atom stereocenters. The van der Waals surface area contributed by atoms with Crippen LogP contribution in [0.15, 0.2) is 35.5 Å². The molecule has 0 saturated heterocycles. The number of benzene rings is 1. The van der Waals surface area contributed by atoms with Gasteiger partial charge in [-0.1, -0.05) is 36.9 Å². The third-order valence-corrected chi connectivity index (χ3v) is 5.38. The molecular formula is C20H24N6O2S. The molecule has 152 valence electrons. The Kier molecular flexibility index (Phi) is 6.48. The quantitative estimate of drug-likeness (QED) is 0.600. The molecule has 2 heterocycles. The highest BCUT2D eigenvalue weighted by Crippen LogP contribution is 2.19. The van der Waals surface area contributed by atoms with Crippen molar-refractivity contribution in [2.45, 2.75) is 32.3 Å². The first kappa shape index (κ1) is 20.8. The number of anilines is 1. The van der Waals surface area contributed by atoms with E-state index in [9.17, 15) is 9.59 Å². The van der Waals surface area contributed by atoms with Gasteiger partial charge in [0.2, 0.25) is 11.8 Å². The number of nitrogens with one attached hydrogen (secondary N) is 1. The summed E-state index contributed by atoms with van der Waals surface area (Å²) in [6.07, 6.45) is 0.821. The summed E-state index contributed by atoms with van der Waals surface area (Å²) >= 11 is 1.28. The Morgan fingerprint density at radius 1 is 1.21 bits per heavy atom. The lowest BCUT2D eigenvalue weighted by molar-refractivity contribution is -0.131. The third-order valence-electron chi connectivity index (χ3n) is 4.47. The number of likely N-dealkylation sites (N-methyl/N-ethyl adjacent to an activating group) is 1. The fourth-order valence-corrected chi connectivity index (χ4v) is 3.90. The van der Waals surface area contributed by atoms with Crippen molar-refractivity contribution in [1.29, 1.82) is 0 Å². The highest BCUT2D eigenvalue weighted by Gasteiger charge is 2.17. The van der Waals surface area contributed by atoms with Gasteiger partial charge in [0.1, 0.15) is 0 Å². The van der Waals surface area contributed by atoms with E-state index in [1.807, 2.05) is 55.5 Å². The first-order valence-corrected chi connectivity index (χ1v) is 10.3. The molecule has 0 radical (unpaired) electrons. The second-order valence-electron chi connectivity index (χ2n) is 6.75. The summed E-state index contributed by atoms with van der Waals surface area (Å²) in [4.78, 5) is 30.6. The van der Waals surface area contributed by atoms with Crippen molar-refractivity contribution in [3.63, 3.8) is 0 Å². The zero-order valence-corrected chi connectivity index (χ0v) is 17.8. The molecule has 0 fully saturated rings. The minimum absolute atomic E-state index is 0.0161. The van der Waals surface area contributed by atoms with E-state index in [4.69, 9.17) is 0 Å². The smallest absolute Gasteiger partial charge is 0.256 e. The Morgan fingerprint density at radius 3 is 2.72 bits per heavy atom. The monoisotopic (exact) mass is 412 g/mol. The zero-order chi connectivity index (χ0) is 21.0. The Hall–Kier alpha value is -2.94. The molecule has 0 atom stereocenters. The second-order valence-corrected chi connectivity index (χ2v) is 7.70. The van der Waals surface area contributed by atoms with Crippen LogP contribution in [0, 0.1) is 13.8 Å². The number of fused-ring (bicyclic) bond motifs is 1. The lowest BCUT2D eigenvalue weighted by atomic mass is 10.1. The number of aryl methyl sites for hydroxylation is 3. The second kappa shape index (κ2) is 9.04. The van der Waals surface area contributed by atoms with Gasteiger partial charge < -0.3 is 10.2 Å². The van der Waals surface area contributed by atoms with E-state index >= 15 is 0 Å². The van der Waals surface area contributed by atoms with Crippen molar-refractivity contribution < 1.29 is 9.59 Å². The highest BCUT2D eigenvalue weighted by molar-refractivity contribution is 7.99. The first-order valence-electron chi connectivity index (χ1n) is 9.33. The molecule has 2 amide bonds. The predicted octanol–water partition coefficient (Wildman–Crippen LogP) is 2.49. The summed E-state index contributed by atoms with van der Waals surface area (Å²) in [6.45, 7) is 5.86. The molecule has 9 heteroatoms. The molecule has 0 spiro atoms. The van der Waals surface area contributed by atoms with Crippen molar-refractivity contribution in [3.05, 3.63) is 47.3 Å². The van der Waals surface area contributed by atoms with E-state index in [-0.39, 0.29) is 24.1 Å². The van der Waals surface area contributed by atoms with E-state index in [0.29, 0.717) is 10.9 Å². The average Bonchev–Trinajstić information content (AvgIpc) is 3.09. The number of rotatable bonds is 7. The first-order chi connectivity index (χ1) is 13.9. The van der Waals surface area contributed by atoms with Crippen molar-refractivity contribution in [1.82, 2.24) is 24.5 Å². The number of para-hydroxylation sites is 1. The maximum Gasteiger partial charge on any atom is 0.256 e. The summed E-state index contributed by atoms with van der Waals surface area (Å²) in [6, 6.07) is 9.59. The molecule has 0 aliphatic carbocycles. The average molecular weight is 413 g/mol. The minimum Gasteiger partial charge on any atom is -0.336 e. The van der Waals surface area contributed by atoms with Gasteiger partial charge in [-0.15, -0.1) is 10.2 Å². The number of carbonyl (C=O) groups excluding carboxylic acids is 2. The topological polar surface area (TPSA) is 92.5 Å². The number of amides is 2. The fraction of sp³-hybridized carbons (Fsp3) is 0.350. The maximum absolute atomic E-state index is 12.5. The molecule has 0 bridgehead atoms. The minimum atomic E-state index is -0.227. The number of thioether (sulfide) groups is 1. The highest BCUT2D eigenvalue weighted by atomic mass is 32.2. The van der Waals surface area contributed by atoms with Crippen LogP contribution in [-0.4, -0.2) is 55.6 Å². The van der Waals surface area contributed by atoms with Gasteiger partial charge in [0.15, 0.2) is 5.16 Å². The zero-order valence-electron chi connectivity index (χ0n) is 17.0.